The van der Waals surface area contributed by atoms with E-state index < -0.39 is 0 Å². The summed E-state index contributed by atoms with van der Waals surface area (Å²) in [6.07, 6.45) is 2.99. The normalized spacial score (nSPS) is 14.9. The fraction of sp³-hybridized carbons (Fsp3) is 0.360. The molecule has 1 aliphatic rings. The van der Waals surface area contributed by atoms with Gasteiger partial charge in [0.15, 0.2) is 0 Å². The largest absolute Gasteiger partial charge is 0.465 e. The van der Waals surface area contributed by atoms with E-state index in [2.05, 4.69) is 33.2 Å². The Balaban J connectivity index is 1.24. The summed E-state index contributed by atoms with van der Waals surface area (Å²) < 4.78 is 8.90. The van der Waals surface area contributed by atoms with E-state index in [-0.39, 0.29) is 18.2 Å². The molecule has 172 valence electrons. The number of nitrogens with zero attached hydrogens (tertiary/aromatic N) is 4. The molecular weight excluding hydrogens is 418 g/mol. The highest BCUT2D eigenvalue weighted by Crippen LogP contribution is 2.22. The summed E-state index contributed by atoms with van der Waals surface area (Å²) in [6.45, 7) is 6.77. The SMILES string of the molecule is CCOC(=O)Cn1cc(CCN2CCN(n3c(=O)[nH]c4ccccc43)CC2)c2ccccc21. The summed E-state index contributed by atoms with van der Waals surface area (Å²) in [4.78, 5) is 29.9. The highest BCUT2D eigenvalue weighted by molar-refractivity contribution is 5.85. The maximum Gasteiger partial charge on any atom is 0.345 e. The zero-order valence-electron chi connectivity index (χ0n) is 18.9. The number of fused-ring (bicyclic) bond motifs is 2. The van der Waals surface area contributed by atoms with Crippen molar-refractivity contribution in [2.75, 3.05) is 44.3 Å². The number of carbonyl (C=O) groups is 1. The van der Waals surface area contributed by atoms with Crippen LogP contribution in [0.2, 0.25) is 0 Å². The number of piperazine rings is 1. The van der Waals surface area contributed by atoms with E-state index in [0.29, 0.717) is 6.61 Å². The van der Waals surface area contributed by atoms with Crippen LogP contribution in [0, 0.1) is 0 Å². The first-order valence-electron chi connectivity index (χ1n) is 11.5. The molecule has 0 bridgehead atoms. The van der Waals surface area contributed by atoms with Crippen molar-refractivity contribution in [3.05, 3.63) is 70.8 Å². The highest BCUT2D eigenvalue weighted by atomic mass is 16.5. The van der Waals surface area contributed by atoms with E-state index in [1.165, 1.54) is 10.9 Å². The smallest absolute Gasteiger partial charge is 0.345 e. The number of rotatable bonds is 7. The van der Waals surface area contributed by atoms with Gasteiger partial charge in [-0.3, -0.25) is 9.69 Å². The van der Waals surface area contributed by atoms with Crippen molar-refractivity contribution in [1.29, 1.82) is 0 Å². The molecule has 1 aliphatic heterocycles. The lowest BCUT2D eigenvalue weighted by molar-refractivity contribution is -0.143. The Morgan fingerprint density at radius 1 is 1.00 bits per heavy atom. The van der Waals surface area contributed by atoms with E-state index in [1.54, 1.807) is 4.68 Å². The molecular formula is C25H29N5O3. The number of esters is 1. The van der Waals surface area contributed by atoms with Gasteiger partial charge in [0.1, 0.15) is 6.54 Å². The molecule has 1 saturated heterocycles. The van der Waals surface area contributed by atoms with Crippen LogP contribution in [0.3, 0.4) is 0 Å². The standard InChI is InChI=1S/C25H29N5O3/c1-2-33-24(31)18-28-17-19(20-7-3-5-9-22(20)28)11-12-27-13-15-29(16-14-27)30-23-10-6-4-8-21(23)26-25(30)32/h3-10,17H,2,11-16,18H2,1H3,(H,26,32). The summed E-state index contributed by atoms with van der Waals surface area (Å²) in [7, 11) is 0. The molecule has 0 unspecified atom stereocenters. The number of nitrogens with one attached hydrogen (secondary N) is 1. The Bertz CT molecular complexity index is 1330. The highest BCUT2D eigenvalue weighted by Gasteiger charge is 2.21. The monoisotopic (exact) mass is 447 g/mol. The summed E-state index contributed by atoms with van der Waals surface area (Å²) >= 11 is 0. The number of H-pyrrole nitrogens is 1. The van der Waals surface area contributed by atoms with Gasteiger partial charge < -0.3 is 19.3 Å². The van der Waals surface area contributed by atoms with Gasteiger partial charge in [-0.2, -0.15) is 0 Å². The maximum atomic E-state index is 12.5. The van der Waals surface area contributed by atoms with Gasteiger partial charge in [0.2, 0.25) is 0 Å². The van der Waals surface area contributed by atoms with Crippen LogP contribution >= 0.6 is 0 Å². The molecule has 33 heavy (non-hydrogen) atoms. The van der Waals surface area contributed by atoms with Gasteiger partial charge in [0, 0.05) is 49.8 Å². The molecule has 0 aliphatic carbocycles. The quantitative estimate of drug-likeness (QED) is 0.440. The van der Waals surface area contributed by atoms with Gasteiger partial charge in [-0.15, -0.1) is 0 Å². The molecule has 8 nitrogen and oxygen atoms in total. The van der Waals surface area contributed by atoms with Crippen molar-refractivity contribution in [2.45, 2.75) is 19.9 Å². The third-order valence-electron chi connectivity index (χ3n) is 6.37. The number of carbonyl (C=O) groups excluding carboxylic acids is 1. The van der Waals surface area contributed by atoms with Crippen molar-refractivity contribution < 1.29 is 9.53 Å². The van der Waals surface area contributed by atoms with Crippen LogP contribution < -0.4 is 10.7 Å². The molecule has 0 radical (unpaired) electrons. The molecule has 0 spiro atoms. The molecule has 2 aromatic heterocycles. The first-order valence-corrected chi connectivity index (χ1v) is 11.5. The number of imidazole rings is 1. The van der Waals surface area contributed by atoms with Gasteiger partial charge in [-0.1, -0.05) is 30.3 Å². The Hall–Kier alpha value is -3.52. The van der Waals surface area contributed by atoms with Gasteiger partial charge in [0.25, 0.3) is 0 Å². The fourth-order valence-corrected chi connectivity index (χ4v) is 4.76. The van der Waals surface area contributed by atoms with Crippen LogP contribution in [-0.4, -0.2) is 64.4 Å². The third-order valence-corrected chi connectivity index (χ3v) is 6.37. The molecule has 5 rings (SSSR count). The zero-order valence-corrected chi connectivity index (χ0v) is 18.9. The average Bonchev–Trinajstić information content (AvgIpc) is 3.35. The molecule has 0 saturated carbocycles. The topological polar surface area (TPSA) is 75.5 Å². The lowest BCUT2D eigenvalue weighted by atomic mass is 10.1. The number of ether oxygens (including phenoxy) is 1. The molecule has 0 atom stereocenters. The average molecular weight is 448 g/mol. The first kappa shape index (κ1) is 21.3. The van der Waals surface area contributed by atoms with Crippen LogP contribution in [-0.2, 0) is 22.5 Å². The van der Waals surface area contributed by atoms with Crippen molar-refractivity contribution in [3.63, 3.8) is 0 Å². The number of benzene rings is 2. The zero-order chi connectivity index (χ0) is 22.8. The van der Waals surface area contributed by atoms with Crippen molar-refractivity contribution in [3.8, 4) is 0 Å². The van der Waals surface area contributed by atoms with E-state index in [4.69, 9.17) is 4.74 Å². The molecule has 2 aromatic carbocycles. The number of hydrogen-bond donors (Lipinski definition) is 1. The van der Waals surface area contributed by atoms with E-state index in [9.17, 15) is 9.59 Å². The summed E-state index contributed by atoms with van der Waals surface area (Å²) in [6, 6.07) is 16.0. The molecule has 0 amide bonds. The predicted octanol–water partition coefficient (Wildman–Crippen LogP) is 2.34. The number of aromatic amines is 1. The second-order valence-corrected chi connectivity index (χ2v) is 8.41. The second-order valence-electron chi connectivity index (χ2n) is 8.41. The van der Waals surface area contributed by atoms with Crippen LogP contribution in [0.5, 0.6) is 0 Å². The second kappa shape index (κ2) is 9.15. The molecule has 3 heterocycles. The van der Waals surface area contributed by atoms with Crippen LogP contribution in [0.4, 0.5) is 0 Å². The summed E-state index contributed by atoms with van der Waals surface area (Å²) in [5.74, 6) is -0.214. The van der Waals surface area contributed by atoms with E-state index in [1.807, 2.05) is 47.9 Å². The molecule has 4 aromatic rings. The summed E-state index contributed by atoms with van der Waals surface area (Å²) in [5, 5.41) is 3.31. The number of aromatic nitrogens is 3. The molecule has 1 N–H and O–H groups in total. The fourth-order valence-electron chi connectivity index (χ4n) is 4.76. The van der Waals surface area contributed by atoms with E-state index in [0.717, 1.165) is 55.7 Å². The minimum atomic E-state index is -0.214. The van der Waals surface area contributed by atoms with Gasteiger partial charge in [-0.25, -0.2) is 9.47 Å². The van der Waals surface area contributed by atoms with Gasteiger partial charge in [0.05, 0.1) is 17.6 Å². The maximum absolute atomic E-state index is 12.5. The van der Waals surface area contributed by atoms with Crippen molar-refractivity contribution >= 4 is 27.9 Å². The Kier molecular flexibility index (Phi) is 5.92. The Morgan fingerprint density at radius 3 is 2.52 bits per heavy atom. The predicted molar refractivity (Wildman–Crippen MR) is 129 cm³/mol. The van der Waals surface area contributed by atoms with Crippen molar-refractivity contribution in [1.82, 2.24) is 19.1 Å². The van der Waals surface area contributed by atoms with Crippen molar-refractivity contribution in [2.24, 2.45) is 0 Å². The Labute approximate surface area is 191 Å². The lowest BCUT2D eigenvalue weighted by Crippen LogP contribution is -2.53. The minimum absolute atomic E-state index is 0.0842. The molecule has 8 heteroatoms. The van der Waals surface area contributed by atoms with Crippen LogP contribution in [0.1, 0.15) is 12.5 Å². The van der Waals surface area contributed by atoms with Crippen LogP contribution in [0.25, 0.3) is 21.9 Å². The van der Waals surface area contributed by atoms with Gasteiger partial charge >= 0.3 is 11.7 Å². The summed E-state index contributed by atoms with van der Waals surface area (Å²) in [5.41, 5.74) is 4.00. The number of hydrogen-bond acceptors (Lipinski definition) is 5. The third kappa shape index (κ3) is 4.26. The Morgan fingerprint density at radius 2 is 1.73 bits per heavy atom. The molecule has 1 fully saturated rings. The van der Waals surface area contributed by atoms with E-state index >= 15 is 0 Å². The minimum Gasteiger partial charge on any atom is -0.465 e. The van der Waals surface area contributed by atoms with Gasteiger partial charge in [-0.05, 0) is 37.1 Å². The van der Waals surface area contributed by atoms with Crippen LogP contribution in [0.15, 0.2) is 59.5 Å². The lowest BCUT2D eigenvalue weighted by Gasteiger charge is -2.36. The first-order chi connectivity index (χ1) is 16.1. The number of para-hydroxylation sites is 3.